The molecule has 25 heavy (non-hydrogen) atoms. The number of anilines is 1. The molecule has 3 rings (SSSR count). The second-order valence-electron chi connectivity index (χ2n) is 6.07. The minimum Gasteiger partial charge on any atom is -0.371 e. The molecule has 0 bridgehead atoms. The van der Waals surface area contributed by atoms with Crippen molar-refractivity contribution in [2.24, 2.45) is 5.92 Å². The number of benzene rings is 1. The highest BCUT2D eigenvalue weighted by Gasteiger charge is 2.23. The molecule has 2 aromatic rings. The Morgan fingerprint density at radius 2 is 2.28 bits per heavy atom. The molecule has 1 aliphatic rings. The Hall–Kier alpha value is -2.28. The van der Waals surface area contributed by atoms with Crippen LogP contribution < -0.4 is 10.2 Å². The smallest absolute Gasteiger partial charge is 0.244 e. The van der Waals surface area contributed by atoms with Crippen LogP contribution in [-0.2, 0) is 4.79 Å². The van der Waals surface area contributed by atoms with Gasteiger partial charge in [0.25, 0.3) is 0 Å². The van der Waals surface area contributed by atoms with Gasteiger partial charge in [0.05, 0.1) is 10.7 Å². The van der Waals surface area contributed by atoms with Crippen LogP contribution >= 0.6 is 11.3 Å². The van der Waals surface area contributed by atoms with E-state index in [1.54, 1.807) is 23.5 Å². The first-order chi connectivity index (χ1) is 12.0. The molecule has 1 fully saturated rings. The Labute approximate surface area is 149 Å². The van der Waals surface area contributed by atoms with Crippen molar-refractivity contribution in [2.45, 2.75) is 13.3 Å². The van der Waals surface area contributed by atoms with E-state index in [-0.39, 0.29) is 11.8 Å². The third kappa shape index (κ3) is 4.63. The molecular formula is C18H19F2N3OS. The molecule has 0 radical (unpaired) electrons. The molecule has 0 aliphatic carbocycles. The van der Waals surface area contributed by atoms with E-state index in [1.807, 2.05) is 17.2 Å². The summed E-state index contributed by atoms with van der Waals surface area (Å²) in [5.41, 5.74) is 1.45. The maximum absolute atomic E-state index is 13.3. The quantitative estimate of drug-likeness (QED) is 0.829. The average Bonchev–Trinajstić information content (AvgIpc) is 3.22. The van der Waals surface area contributed by atoms with Crippen LogP contribution in [0.25, 0.3) is 6.08 Å². The number of rotatable bonds is 5. The van der Waals surface area contributed by atoms with Crippen LogP contribution in [0.1, 0.15) is 17.1 Å². The van der Waals surface area contributed by atoms with E-state index in [9.17, 15) is 13.6 Å². The van der Waals surface area contributed by atoms with Crippen LogP contribution in [0, 0.1) is 24.5 Å². The number of hydrogen-bond acceptors (Lipinski definition) is 4. The molecule has 1 atom stereocenters. The van der Waals surface area contributed by atoms with Crippen molar-refractivity contribution in [1.29, 1.82) is 0 Å². The van der Waals surface area contributed by atoms with Gasteiger partial charge in [0, 0.05) is 42.8 Å². The molecule has 1 aliphatic heterocycles. The third-order valence-electron chi connectivity index (χ3n) is 4.16. The summed E-state index contributed by atoms with van der Waals surface area (Å²) in [5.74, 6) is -1.55. The van der Waals surface area contributed by atoms with Gasteiger partial charge in [0.1, 0.15) is 0 Å². The highest BCUT2D eigenvalue weighted by Crippen LogP contribution is 2.25. The van der Waals surface area contributed by atoms with E-state index in [0.29, 0.717) is 18.8 Å². The number of halogens is 2. The van der Waals surface area contributed by atoms with E-state index in [1.165, 1.54) is 12.1 Å². The summed E-state index contributed by atoms with van der Waals surface area (Å²) in [5, 5.41) is 5.74. The van der Waals surface area contributed by atoms with Gasteiger partial charge >= 0.3 is 0 Å². The molecule has 132 valence electrons. The SMILES string of the molecule is Cc1nc(/C=C/C(=O)NC[C@H]2CCN(c3ccc(F)c(F)c3)C2)cs1. The third-order valence-corrected chi connectivity index (χ3v) is 4.95. The van der Waals surface area contributed by atoms with Crippen molar-refractivity contribution in [3.05, 3.63) is 52.0 Å². The zero-order valence-corrected chi connectivity index (χ0v) is 14.7. The minimum atomic E-state index is -0.839. The van der Waals surface area contributed by atoms with Gasteiger partial charge in [-0.25, -0.2) is 13.8 Å². The number of hydrogen-bond donors (Lipinski definition) is 1. The predicted molar refractivity (Wildman–Crippen MR) is 95.6 cm³/mol. The number of carbonyl (C=O) groups excluding carboxylic acids is 1. The molecule has 0 unspecified atom stereocenters. The molecule has 1 amide bonds. The van der Waals surface area contributed by atoms with Gasteiger partial charge in [-0.15, -0.1) is 11.3 Å². The van der Waals surface area contributed by atoms with Crippen LogP contribution in [-0.4, -0.2) is 30.5 Å². The van der Waals surface area contributed by atoms with E-state index in [4.69, 9.17) is 0 Å². The zero-order chi connectivity index (χ0) is 17.8. The Morgan fingerprint density at radius 3 is 3.00 bits per heavy atom. The summed E-state index contributed by atoms with van der Waals surface area (Å²) in [6.45, 7) is 3.94. The predicted octanol–water partition coefficient (Wildman–Crippen LogP) is 3.39. The fourth-order valence-electron chi connectivity index (χ4n) is 2.84. The summed E-state index contributed by atoms with van der Waals surface area (Å²) in [4.78, 5) is 18.2. The van der Waals surface area contributed by atoms with Crippen LogP contribution in [0.3, 0.4) is 0 Å². The lowest BCUT2D eigenvalue weighted by molar-refractivity contribution is -0.116. The topological polar surface area (TPSA) is 45.2 Å². The van der Waals surface area contributed by atoms with Crippen molar-refractivity contribution in [2.75, 3.05) is 24.5 Å². The second kappa shape index (κ2) is 7.74. The summed E-state index contributed by atoms with van der Waals surface area (Å²) < 4.78 is 26.4. The highest BCUT2D eigenvalue weighted by molar-refractivity contribution is 7.09. The standard InChI is InChI=1S/C18H19F2N3OS/c1-12-22-14(11-25-12)2-5-18(24)21-9-13-6-7-23(10-13)15-3-4-16(19)17(20)8-15/h2-5,8,11,13H,6-7,9-10H2,1H3,(H,21,24)/b5-2+/t13-/m1/s1. The monoisotopic (exact) mass is 363 g/mol. The molecule has 4 nitrogen and oxygen atoms in total. The van der Waals surface area contributed by atoms with Crippen LogP contribution in [0.2, 0.25) is 0 Å². The van der Waals surface area contributed by atoms with Crippen molar-refractivity contribution < 1.29 is 13.6 Å². The highest BCUT2D eigenvalue weighted by atomic mass is 32.1. The summed E-state index contributed by atoms with van der Waals surface area (Å²) in [7, 11) is 0. The minimum absolute atomic E-state index is 0.156. The fraction of sp³-hybridized carbons (Fsp3) is 0.333. The zero-order valence-electron chi connectivity index (χ0n) is 13.8. The van der Waals surface area contributed by atoms with Crippen molar-refractivity contribution in [3.8, 4) is 0 Å². The largest absolute Gasteiger partial charge is 0.371 e. The van der Waals surface area contributed by atoms with Gasteiger partial charge in [-0.05, 0) is 37.5 Å². The van der Waals surface area contributed by atoms with E-state index < -0.39 is 11.6 Å². The van der Waals surface area contributed by atoms with Crippen molar-refractivity contribution >= 4 is 29.0 Å². The summed E-state index contributed by atoms with van der Waals surface area (Å²) in [6, 6.07) is 3.94. The first-order valence-electron chi connectivity index (χ1n) is 8.09. The van der Waals surface area contributed by atoms with Gasteiger partial charge < -0.3 is 10.2 Å². The van der Waals surface area contributed by atoms with E-state index in [2.05, 4.69) is 10.3 Å². The average molecular weight is 363 g/mol. The Bertz CT molecular complexity index is 790. The molecule has 0 saturated carbocycles. The van der Waals surface area contributed by atoms with Crippen LogP contribution in [0.5, 0.6) is 0 Å². The number of nitrogens with zero attached hydrogens (tertiary/aromatic N) is 2. The Balaban J connectivity index is 1.47. The second-order valence-corrected chi connectivity index (χ2v) is 7.13. The maximum Gasteiger partial charge on any atom is 0.244 e. The lowest BCUT2D eigenvalue weighted by atomic mass is 10.1. The van der Waals surface area contributed by atoms with Crippen LogP contribution in [0.4, 0.5) is 14.5 Å². The van der Waals surface area contributed by atoms with Gasteiger partial charge in [0.2, 0.25) is 5.91 Å². The lowest BCUT2D eigenvalue weighted by Crippen LogP contribution is -2.29. The van der Waals surface area contributed by atoms with Gasteiger partial charge in [-0.2, -0.15) is 0 Å². The number of nitrogens with one attached hydrogen (secondary N) is 1. The molecule has 1 saturated heterocycles. The summed E-state index contributed by atoms with van der Waals surface area (Å²) >= 11 is 1.54. The Kier molecular flexibility index (Phi) is 5.43. The van der Waals surface area contributed by atoms with Crippen LogP contribution in [0.15, 0.2) is 29.7 Å². The van der Waals surface area contributed by atoms with Crippen molar-refractivity contribution in [1.82, 2.24) is 10.3 Å². The van der Waals surface area contributed by atoms with E-state index >= 15 is 0 Å². The molecular weight excluding hydrogens is 344 g/mol. The first kappa shape index (κ1) is 17.5. The van der Waals surface area contributed by atoms with Crippen molar-refractivity contribution in [3.63, 3.8) is 0 Å². The Morgan fingerprint density at radius 1 is 1.44 bits per heavy atom. The number of thiazole rings is 1. The number of carbonyl (C=O) groups is 1. The van der Waals surface area contributed by atoms with Gasteiger partial charge in [-0.1, -0.05) is 0 Å². The molecule has 2 heterocycles. The first-order valence-corrected chi connectivity index (χ1v) is 8.97. The fourth-order valence-corrected chi connectivity index (χ4v) is 3.42. The molecule has 1 N–H and O–H groups in total. The molecule has 1 aromatic heterocycles. The number of aryl methyl sites for hydroxylation is 1. The van der Waals surface area contributed by atoms with Gasteiger partial charge in [0.15, 0.2) is 11.6 Å². The number of aromatic nitrogens is 1. The maximum atomic E-state index is 13.3. The molecule has 0 spiro atoms. The van der Waals surface area contributed by atoms with E-state index in [0.717, 1.165) is 29.7 Å². The molecule has 7 heteroatoms. The normalized spacial score (nSPS) is 17.4. The summed E-state index contributed by atoms with van der Waals surface area (Å²) in [6.07, 6.45) is 4.08. The number of amides is 1. The molecule has 1 aromatic carbocycles. The van der Waals surface area contributed by atoms with Gasteiger partial charge in [-0.3, -0.25) is 4.79 Å². The lowest BCUT2D eigenvalue weighted by Gasteiger charge is -2.19.